The molecule has 31 heavy (non-hydrogen) atoms. The van der Waals surface area contributed by atoms with Gasteiger partial charge >= 0.3 is 0 Å². The van der Waals surface area contributed by atoms with Gasteiger partial charge in [-0.3, -0.25) is 4.79 Å². The third-order valence-electron chi connectivity index (χ3n) is 5.65. The lowest BCUT2D eigenvalue weighted by Gasteiger charge is -2.29. The molecule has 4 rings (SSSR count). The summed E-state index contributed by atoms with van der Waals surface area (Å²) in [5.41, 5.74) is 3.12. The fourth-order valence-electron chi connectivity index (χ4n) is 4.12. The average molecular weight is 441 g/mol. The molecule has 0 radical (unpaired) electrons. The number of hydrogen-bond acceptors (Lipinski definition) is 5. The van der Waals surface area contributed by atoms with E-state index in [-0.39, 0.29) is 10.8 Å². The van der Waals surface area contributed by atoms with Crippen molar-refractivity contribution >= 4 is 27.5 Å². The van der Waals surface area contributed by atoms with Crippen molar-refractivity contribution in [3.05, 3.63) is 59.2 Å². The first-order chi connectivity index (χ1) is 14.8. The number of nitrogens with zero attached hydrogens (tertiary/aromatic N) is 3. The van der Waals surface area contributed by atoms with Gasteiger partial charge in [-0.1, -0.05) is 30.7 Å². The highest BCUT2D eigenvalue weighted by molar-refractivity contribution is 7.90. The number of amidine groups is 1. The first-order valence-corrected chi connectivity index (χ1v) is 12.0. The molecule has 2 aliphatic rings. The molecule has 1 N–H and O–H groups in total. The topological polar surface area (TPSA) is 82.1 Å². The third-order valence-corrected chi connectivity index (χ3v) is 6.99. The van der Waals surface area contributed by atoms with Crippen LogP contribution in [0, 0.1) is 0 Å². The lowest BCUT2D eigenvalue weighted by atomic mass is 10.1. The second-order valence-electron chi connectivity index (χ2n) is 8.32. The Bertz CT molecular complexity index is 1130. The van der Waals surface area contributed by atoms with E-state index in [4.69, 9.17) is 0 Å². The highest BCUT2D eigenvalue weighted by atomic mass is 32.2. The van der Waals surface area contributed by atoms with Crippen molar-refractivity contribution in [2.24, 2.45) is 4.40 Å². The van der Waals surface area contributed by atoms with Crippen molar-refractivity contribution in [1.29, 1.82) is 0 Å². The van der Waals surface area contributed by atoms with Crippen LogP contribution in [0.3, 0.4) is 0 Å². The minimum Gasteiger partial charge on any atom is -0.348 e. The summed E-state index contributed by atoms with van der Waals surface area (Å²) in [6.45, 7) is 1.90. The Labute approximate surface area is 183 Å². The first kappa shape index (κ1) is 21.5. The Hall–Kier alpha value is -2.71. The number of nitrogens with one attached hydrogen (secondary N) is 1. The number of amides is 1. The lowest BCUT2D eigenvalue weighted by Crippen LogP contribution is -2.35. The van der Waals surface area contributed by atoms with E-state index in [0.717, 1.165) is 43.5 Å². The molecule has 1 saturated heterocycles. The van der Waals surface area contributed by atoms with E-state index in [0.29, 0.717) is 30.1 Å². The molecule has 164 valence electrons. The van der Waals surface area contributed by atoms with E-state index in [2.05, 4.69) is 14.6 Å². The number of rotatable bonds is 5. The molecule has 0 spiro atoms. The number of fused-ring (bicyclic) bond motifs is 3. The fourth-order valence-corrected chi connectivity index (χ4v) is 5.41. The van der Waals surface area contributed by atoms with E-state index >= 15 is 0 Å². The van der Waals surface area contributed by atoms with Crippen molar-refractivity contribution in [2.75, 3.05) is 25.5 Å². The summed E-state index contributed by atoms with van der Waals surface area (Å²) in [6.07, 6.45) is 3.65. The molecular weight excluding hydrogens is 412 g/mol. The van der Waals surface area contributed by atoms with Crippen LogP contribution < -0.4 is 10.2 Å². The number of carbonyl (C=O) groups is 1. The van der Waals surface area contributed by atoms with Crippen LogP contribution in [0.25, 0.3) is 0 Å². The second kappa shape index (κ2) is 8.80. The van der Waals surface area contributed by atoms with E-state index in [1.165, 1.54) is 6.07 Å². The molecule has 0 aromatic heterocycles. The number of sulfonamides is 1. The molecule has 2 aromatic rings. The van der Waals surface area contributed by atoms with E-state index in [1.807, 2.05) is 43.3 Å². The van der Waals surface area contributed by atoms with E-state index < -0.39 is 10.0 Å². The third kappa shape index (κ3) is 4.65. The summed E-state index contributed by atoms with van der Waals surface area (Å²) in [5.74, 6) is 0.308. The van der Waals surface area contributed by atoms with Crippen molar-refractivity contribution in [1.82, 2.24) is 10.2 Å². The van der Waals surface area contributed by atoms with Gasteiger partial charge in [0.05, 0.1) is 5.69 Å². The molecule has 0 aliphatic carbocycles. The van der Waals surface area contributed by atoms with E-state index in [1.54, 1.807) is 12.1 Å². The molecule has 2 aliphatic heterocycles. The molecule has 0 unspecified atom stereocenters. The zero-order chi connectivity index (χ0) is 22.0. The van der Waals surface area contributed by atoms with Crippen LogP contribution in [0.1, 0.15) is 47.2 Å². The normalized spacial score (nSPS) is 17.4. The van der Waals surface area contributed by atoms with Crippen molar-refractivity contribution in [3.8, 4) is 0 Å². The average Bonchev–Trinajstić information content (AvgIpc) is 2.97. The van der Waals surface area contributed by atoms with Crippen LogP contribution >= 0.6 is 0 Å². The largest absolute Gasteiger partial charge is 0.348 e. The molecule has 1 amide bonds. The summed E-state index contributed by atoms with van der Waals surface area (Å²) in [4.78, 5) is 17.0. The van der Waals surface area contributed by atoms with Crippen LogP contribution in [0.5, 0.6) is 0 Å². The van der Waals surface area contributed by atoms with Gasteiger partial charge in [0.1, 0.15) is 10.7 Å². The van der Waals surface area contributed by atoms with Crippen LogP contribution in [0.4, 0.5) is 5.69 Å². The van der Waals surface area contributed by atoms with Crippen LogP contribution in [0.15, 0.2) is 51.8 Å². The molecule has 7 nitrogen and oxygen atoms in total. The van der Waals surface area contributed by atoms with Crippen molar-refractivity contribution in [3.63, 3.8) is 0 Å². The van der Waals surface area contributed by atoms with Gasteiger partial charge in [0.2, 0.25) is 0 Å². The number of anilines is 1. The van der Waals surface area contributed by atoms with Crippen LogP contribution in [-0.4, -0.2) is 45.7 Å². The quantitative estimate of drug-likeness (QED) is 0.772. The Morgan fingerprint density at radius 3 is 2.65 bits per heavy atom. The van der Waals surface area contributed by atoms with Crippen molar-refractivity contribution < 1.29 is 13.2 Å². The minimum atomic E-state index is -3.81. The van der Waals surface area contributed by atoms with Crippen molar-refractivity contribution in [2.45, 2.75) is 43.7 Å². The van der Waals surface area contributed by atoms with Gasteiger partial charge in [0, 0.05) is 31.6 Å². The smallest absolute Gasteiger partial charge is 0.286 e. The molecular formula is C23H28N4O3S. The molecule has 8 heteroatoms. The van der Waals surface area contributed by atoms with Gasteiger partial charge in [0.25, 0.3) is 15.9 Å². The highest BCUT2D eigenvalue weighted by Gasteiger charge is 2.32. The molecule has 2 heterocycles. The first-order valence-electron chi connectivity index (χ1n) is 10.6. The highest BCUT2D eigenvalue weighted by Crippen LogP contribution is 2.35. The van der Waals surface area contributed by atoms with Gasteiger partial charge < -0.3 is 15.1 Å². The molecule has 2 aromatic carbocycles. The second-order valence-corrected chi connectivity index (χ2v) is 9.89. The zero-order valence-corrected chi connectivity index (χ0v) is 18.8. The molecule has 0 saturated carbocycles. The summed E-state index contributed by atoms with van der Waals surface area (Å²) >= 11 is 0. The number of carbonyl (C=O) groups excluding carboxylic acids is 1. The van der Waals surface area contributed by atoms with E-state index in [9.17, 15) is 13.2 Å². The van der Waals surface area contributed by atoms with Crippen LogP contribution in [-0.2, 0) is 23.1 Å². The fraction of sp³-hybridized carbons (Fsp3) is 0.391. The Morgan fingerprint density at radius 2 is 1.87 bits per heavy atom. The maximum Gasteiger partial charge on any atom is 0.286 e. The van der Waals surface area contributed by atoms with Gasteiger partial charge in [-0.2, -0.15) is 8.42 Å². The summed E-state index contributed by atoms with van der Waals surface area (Å²) in [6, 6.07) is 12.9. The Balaban J connectivity index is 1.56. The maximum absolute atomic E-state index is 12.8. The summed E-state index contributed by atoms with van der Waals surface area (Å²) in [7, 11) is 0.191. The Morgan fingerprint density at radius 1 is 1.10 bits per heavy atom. The predicted molar refractivity (Wildman–Crippen MR) is 122 cm³/mol. The van der Waals surface area contributed by atoms with Gasteiger partial charge in [-0.25, -0.2) is 0 Å². The predicted octanol–water partition coefficient (Wildman–Crippen LogP) is 3.16. The van der Waals surface area contributed by atoms with Gasteiger partial charge in [-0.15, -0.1) is 4.40 Å². The lowest BCUT2D eigenvalue weighted by molar-refractivity contribution is 0.0950. The summed E-state index contributed by atoms with van der Waals surface area (Å²) < 4.78 is 29.6. The molecule has 0 bridgehead atoms. The van der Waals surface area contributed by atoms with Gasteiger partial charge in [0.15, 0.2) is 0 Å². The zero-order valence-electron chi connectivity index (χ0n) is 18.0. The Kier molecular flexibility index (Phi) is 6.11. The number of benzene rings is 2. The summed E-state index contributed by atoms with van der Waals surface area (Å²) in [5, 5.41) is 2.93. The van der Waals surface area contributed by atoms with Crippen LogP contribution in [0.2, 0.25) is 0 Å². The van der Waals surface area contributed by atoms with Gasteiger partial charge in [-0.05, 0) is 56.3 Å². The maximum atomic E-state index is 12.8. The molecule has 0 atom stereocenters. The monoisotopic (exact) mass is 440 g/mol. The SMILES string of the molecule is CN(C)Cc1ccccc1CNC(=O)c1ccc2c(c1)S(=O)(=O)N=C1CCCCCN12. The minimum absolute atomic E-state index is 0.110. The molecule has 1 fully saturated rings. The number of hydrogen-bond donors (Lipinski definition) is 1. The standard InChI is InChI=1S/C23H28N4O3S/c1-26(2)16-19-9-6-5-8-18(19)15-24-23(28)17-11-12-20-21(14-17)31(29,30)25-22-10-4-3-7-13-27(20)22/h5-6,8-9,11-12,14H,3-4,7,10,13,15-16H2,1-2H3,(H,24,28).